The summed E-state index contributed by atoms with van der Waals surface area (Å²) >= 11 is 1.56. The highest BCUT2D eigenvalue weighted by Gasteiger charge is 2.28. The van der Waals surface area contributed by atoms with Gasteiger partial charge in [0, 0.05) is 28.4 Å². The standard InChI is InChI=1S/C15H26N2O2S2/c1-10-14(8-13(20-10)9-16-12-6-7-12)21(18,19)17-11(2)15(3,4)5/h8,11-12,16-17H,6-7,9H2,1-5H3. The van der Waals surface area contributed by atoms with Crippen LogP contribution in [0.5, 0.6) is 0 Å². The topological polar surface area (TPSA) is 58.2 Å². The molecule has 1 unspecified atom stereocenters. The van der Waals surface area contributed by atoms with Gasteiger partial charge in [-0.1, -0.05) is 20.8 Å². The predicted molar refractivity (Wildman–Crippen MR) is 88.2 cm³/mol. The van der Waals surface area contributed by atoms with Crippen LogP contribution >= 0.6 is 11.3 Å². The molecule has 4 nitrogen and oxygen atoms in total. The van der Waals surface area contributed by atoms with Crippen LogP contribution in [0.25, 0.3) is 0 Å². The van der Waals surface area contributed by atoms with E-state index >= 15 is 0 Å². The molecule has 21 heavy (non-hydrogen) atoms. The summed E-state index contributed by atoms with van der Waals surface area (Å²) in [6.45, 7) is 10.7. The van der Waals surface area contributed by atoms with Gasteiger partial charge in [-0.05, 0) is 38.2 Å². The van der Waals surface area contributed by atoms with Gasteiger partial charge in [0.15, 0.2) is 0 Å². The van der Waals surface area contributed by atoms with Gasteiger partial charge in [-0.3, -0.25) is 0 Å². The molecule has 0 bridgehead atoms. The zero-order chi connectivity index (χ0) is 15.8. The molecule has 0 saturated heterocycles. The average Bonchev–Trinajstić information content (AvgIpc) is 3.07. The summed E-state index contributed by atoms with van der Waals surface area (Å²) in [6.07, 6.45) is 2.47. The minimum absolute atomic E-state index is 0.104. The maximum atomic E-state index is 12.5. The van der Waals surface area contributed by atoms with Crippen LogP contribution in [0.4, 0.5) is 0 Å². The van der Waals surface area contributed by atoms with Gasteiger partial charge in [-0.2, -0.15) is 0 Å². The molecule has 1 aromatic rings. The summed E-state index contributed by atoms with van der Waals surface area (Å²) in [7, 11) is -3.44. The lowest BCUT2D eigenvalue weighted by Crippen LogP contribution is -2.41. The lowest BCUT2D eigenvalue weighted by molar-refractivity contribution is 0.317. The average molecular weight is 331 g/mol. The van der Waals surface area contributed by atoms with Crippen molar-refractivity contribution in [1.29, 1.82) is 0 Å². The van der Waals surface area contributed by atoms with E-state index in [4.69, 9.17) is 0 Å². The molecular weight excluding hydrogens is 304 g/mol. The minimum atomic E-state index is -3.44. The Labute approximate surface area is 132 Å². The first-order valence-electron chi connectivity index (χ1n) is 7.44. The first kappa shape index (κ1) is 16.9. The van der Waals surface area contributed by atoms with Gasteiger partial charge < -0.3 is 5.32 Å². The summed E-state index contributed by atoms with van der Waals surface area (Å²) in [5, 5.41) is 3.43. The van der Waals surface area contributed by atoms with E-state index in [2.05, 4.69) is 10.0 Å². The van der Waals surface area contributed by atoms with E-state index in [-0.39, 0.29) is 11.5 Å². The van der Waals surface area contributed by atoms with E-state index in [1.54, 1.807) is 11.3 Å². The molecule has 120 valence electrons. The van der Waals surface area contributed by atoms with Crippen molar-refractivity contribution in [3.63, 3.8) is 0 Å². The van der Waals surface area contributed by atoms with Crippen molar-refractivity contribution < 1.29 is 8.42 Å². The highest BCUT2D eigenvalue weighted by Crippen LogP contribution is 2.28. The second-order valence-electron chi connectivity index (χ2n) is 7.00. The van der Waals surface area contributed by atoms with Gasteiger partial charge in [0.2, 0.25) is 10.0 Å². The lowest BCUT2D eigenvalue weighted by Gasteiger charge is -2.27. The van der Waals surface area contributed by atoms with Crippen LogP contribution in [0.15, 0.2) is 11.0 Å². The van der Waals surface area contributed by atoms with Crippen molar-refractivity contribution in [1.82, 2.24) is 10.0 Å². The van der Waals surface area contributed by atoms with Crippen molar-refractivity contribution in [2.45, 2.75) is 71.0 Å². The van der Waals surface area contributed by atoms with Crippen LogP contribution < -0.4 is 10.0 Å². The summed E-state index contributed by atoms with van der Waals surface area (Å²) < 4.78 is 27.9. The molecule has 0 aliphatic heterocycles. The molecule has 1 atom stereocenters. The zero-order valence-corrected chi connectivity index (χ0v) is 15.1. The molecule has 0 radical (unpaired) electrons. The third-order valence-electron chi connectivity index (χ3n) is 3.99. The second kappa shape index (κ2) is 5.99. The van der Waals surface area contributed by atoms with Crippen LogP contribution in [0.2, 0.25) is 0 Å². The van der Waals surface area contributed by atoms with E-state index in [0.717, 1.165) is 16.3 Å². The van der Waals surface area contributed by atoms with Crippen LogP contribution in [0.1, 0.15) is 50.3 Å². The van der Waals surface area contributed by atoms with Crippen LogP contribution in [-0.2, 0) is 16.6 Å². The Morgan fingerprint density at radius 3 is 2.52 bits per heavy atom. The Bertz CT molecular complexity index is 596. The Hall–Kier alpha value is -0.430. The number of hydrogen-bond acceptors (Lipinski definition) is 4. The van der Waals surface area contributed by atoms with Gasteiger partial charge in [-0.25, -0.2) is 13.1 Å². The molecule has 1 aromatic heterocycles. The molecule has 2 N–H and O–H groups in total. The van der Waals surface area contributed by atoms with Crippen molar-refractivity contribution >= 4 is 21.4 Å². The van der Waals surface area contributed by atoms with E-state index < -0.39 is 10.0 Å². The predicted octanol–water partition coefficient (Wildman–Crippen LogP) is 3.02. The minimum Gasteiger partial charge on any atom is -0.309 e. The lowest BCUT2D eigenvalue weighted by atomic mass is 9.89. The summed E-state index contributed by atoms with van der Waals surface area (Å²) in [4.78, 5) is 2.37. The SMILES string of the molecule is Cc1sc(CNC2CC2)cc1S(=O)(=O)NC(C)C(C)(C)C. The summed E-state index contributed by atoms with van der Waals surface area (Å²) in [5.74, 6) is 0. The first-order chi connectivity index (χ1) is 9.59. The fourth-order valence-corrected chi connectivity index (χ4v) is 4.92. The number of nitrogens with one attached hydrogen (secondary N) is 2. The molecule has 0 spiro atoms. The van der Waals surface area contributed by atoms with Crippen molar-refractivity contribution in [2.24, 2.45) is 5.41 Å². The Morgan fingerprint density at radius 1 is 1.38 bits per heavy atom. The van der Waals surface area contributed by atoms with Crippen LogP contribution in [0, 0.1) is 12.3 Å². The molecule has 1 aliphatic rings. The maximum Gasteiger partial charge on any atom is 0.241 e. The van der Waals surface area contributed by atoms with E-state index in [1.165, 1.54) is 12.8 Å². The van der Waals surface area contributed by atoms with E-state index in [0.29, 0.717) is 10.9 Å². The molecule has 1 heterocycles. The molecule has 2 rings (SSSR count). The largest absolute Gasteiger partial charge is 0.309 e. The summed E-state index contributed by atoms with van der Waals surface area (Å²) in [6, 6.07) is 2.33. The zero-order valence-electron chi connectivity index (χ0n) is 13.5. The van der Waals surface area contributed by atoms with Crippen molar-refractivity contribution in [2.75, 3.05) is 0 Å². The fraction of sp³-hybridized carbons (Fsp3) is 0.733. The highest BCUT2D eigenvalue weighted by molar-refractivity contribution is 7.89. The smallest absolute Gasteiger partial charge is 0.241 e. The van der Waals surface area contributed by atoms with Crippen molar-refractivity contribution in [3.05, 3.63) is 15.8 Å². The molecule has 1 aliphatic carbocycles. The number of rotatable bonds is 6. The van der Waals surface area contributed by atoms with Gasteiger partial charge in [0.1, 0.15) is 0 Å². The number of hydrogen-bond donors (Lipinski definition) is 2. The van der Waals surface area contributed by atoms with Crippen LogP contribution in [-0.4, -0.2) is 20.5 Å². The monoisotopic (exact) mass is 330 g/mol. The Balaban J connectivity index is 2.11. The highest BCUT2D eigenvalue weighted by atomic mass is 32.2. The van der Waals surface area contributed by atoms with Crippen molar-refractivity contribution in [3.8, 4) is 0 Å². The Morgan fingerprint density at radius 2 is 2.00 bits per heavy atom. The number of sulfonamides is 1. The van der Waals surface area contributed by atoms with Crippen LogP contribution in [0.3, 0.4) is 0 Å². The third kappa shape index (κ3) is 4.52. The third-order valence-corrected chi connectivity index (χ3v) is 6.83. The van der Waals surface area contributed by atoms with Gasteiger partial charge >= 0.3 is 0 Å². The number of thiophene rings is 1. The molecule has 1 saturated carbocycles. The van der Waals surface area contributed by atoms with E-state index in [1.807, 2.05) is 40.7 Å². The molecular formula is C15H26N2O2S2. The molecule has 0 amide bonds. The molecule has 0 aromatic carbocycles. The van der Waals surface area contributed by atoms with Gasteiger partial charge in [0.05, 0.1) is 4.90 Å². The maximum absolute atomic E-state index is 12.5. The first-order valence-corrected chi connectivity index (χ1v) is 9.74. The van der Waals surface area contributed by atoms with Gasteiger partial charge in [0.25, 0.3) is 0 Å². The molecule has 6 heteroatoms. The normalized spacial score (nSPS) is 18.0. The van der Waals surface area contributed by atoms with E-state index in [9.17, 15) is 8.42 Å². The number of aryl methyl sites for hydroxylation is 1. The van der Waals surface area contributed by atoms with Gasteiger partial charge in [-0.15, -0.1) is 11.3 Å². The summed E-state index contributed by atoms with van der Waals surface area (Å²) in [5.41, 5.74) is -0.104. The fourth-order valence-electron chi connectivity index (χ4n) is 1.88. The second-order valence-corrected chi connectivity index (χ2v) is 10.0. The molecule has 1 fully saturated rings. The Kier molecular flexibility index (Phi) is 4.83. The quantitative estimate of drug-likeness (QED) is 0.843.